The van der Waals surface area contributed by atoms with Crippen LogP contribution in [-0.2, 0) is 39.9 Å². The number of unbranched alkanes of at least 4 members (excludes halogenated alkanes) is 1. The van der Waals surface area contributed by atoms with Crippen molar-refractivity contribution in [2.75, 3.05) is 34.0 Å². The minimum absolute atomic E-state index is 0.0955. The van der Waals surface area contributed by atoms with Crippen molar-refractivity contribution in [3.8, 4) is 0 Å². The van der Waals surface area contributed by atoms with E-state index in [1.165, 1.54) is 14.2 Å². The topological polar surface area (TPSA) is 176 Å². The molecule has 8 unspecified atom stereocenters. The van der Waals surface area contributed by atoms with Crippen LogP contribution >= 0.6 is 6.72 Å². The maximum absolute atomic E-state index is 12.4. The van der Waals surface area contributed by atoms with Gasteiger partial charge in [0, 0.05) is 46.2 Å². The number of aliphatic hydroxyl groups excluding tert-OH is 4. The zero-order chi connectivity index (χ0) is 24.6. The molecule has 194 valence electrons. The number of methoxy groups -OCH3 is 1. The lowest BCUT2D eigenvalue weighted by atomic mass is 10.0. The van der Waals surface area contributed by atoms with Crippen molar-refractivity contribution in [3.63, 3.8) is 0 Å². The van der Waals surface area contributed by atoms with Gasteiger partial charge in [0.25, 0.3) is 0 Å². The van der Waals surface area contributed by atoms with Gasteiger partial charge in [0.15, 0.2) is 6.29 Å². The number of aliphatic hydroxyl groups is 4. The Balaban J connectivity index is 1.74. The number of ether oxygens (including phenoxy) is 3. The fraction of sp³-hybridized carbons (Fsp3) is 0.947. The third kappa shape index (κ3) is 8.41. The molecule has 14 heteroatoms. The van der Waals surface area contributed by atoms with Crippen LogP contribution < -0.4 is 5.32 Å². The van der Waals surface area contributed by atoms with E-state index >= 15 is 0 Å². The molecule has 1 saturated carbocycles. The van der Waals surface area contributed by atoms with E-state index in [1.54, 1.807) is 0 Å². The van der Waals surface area contributed by atoms with E-state index in [4.69, 9.17) is 35.1 Å². The molecule has 1 heterocycles. The Morgan fingerprint density at radius 1 is 1.15 bits per heavy atom. The molecule has 0 bridgehead atoms. The van der Waals surface area contributed by atoms with Gasteiger partial charge < -0.3 is 53.9 Å². The van der Waals surface area contributed by atoms with Crippen LogP contribution in [0.15, 0.2) is 0 Å². The van der Waals surface area contributed by atoms with Crippen molar-refractivity contribution in [3.05, 3.63) is 0 Å². The highest BCUT2D eigenvalue weighted by Gasteiger charge is 2.47. The average molecular weight is 518 g/mol. The third-order valence-electron chi connectivity index (χ3n) is 5.90. The van der Waals surface area contributed by atoms with E-state index in [0.29, 0.717) is 19.3 Å². The summed E-state index contributed by atoms with van der Waals surface area (Å²) in [6, 6.07) is -0.424. The van der Waals surface area contributed by atoms with Crippen LogP contribution in [0.2, 0.25) is 0 Å². The molecule has 0 aromatic carbocycles. The number of nitrogens with one attached hydrogen (secondary N) is 1. The normalized spacial score (nSPS) is 36.5. The molecule has 1 amide bonds. The molecule has 2 fully saturated rings. The number of carbonyl (C=O) groups is 1. The van der Waals surface area contributed by atoms with Gasteiger partial charge in [-0.3, -0.25) is 4.79 Å². The van der Waals surface area contributed by atoms with Crippen LogP contribution in [0, 0.1) is 5.92 Å². The maximum Gasteiger partial charge on any atom is 0.324 e. The number of rotatable bonds is 13. The molecule has 2 aliphatic rings. The molecule has 1 aliphatic heterocycles. The first-order valence-corrected chi connectivity index (χ1v) is 13.5. The predicted molar refractivity (Wildman–Crippen MR) is 118 cm³/mol. The van der Waals surface area contributed by atoms with Gasteiger partial charge in [-0.15, -0.1) is 0 Å². The van der Waals surface area contributed by atoms with Gasteiger partial charge in [0.05, 0.1) is 18.8 Å². The minimum Gasteiger partial charge on any atom is -0.396 e. The van der Waals surface area contributed by atoms with Crippen molar-refractivity contribution in [1.29, 1.82) is 0 Å². The highest BCUT2D eigenvalue weighted by molar-refractivity contribution is 8.07. The predicted octanol–water partition coefficient (Wildman–Crippen LogP) is -1.24. The first-order valence-electron chi connectivity index (χ1n) is 10.9. The van der Waals surface area contributed by atoms with Gasteiger partial charge in [0.2, 0.25) is 5.91 Å². The summed E-state index contributed by atoms with van der Waals surface area (Å²) < 4.78 is 26.7. The van der Waals surface area contributed by atoms with Crippen LogP contribution in [0.3, 0.4) is 0 Å². The molecule has 1 saturated heterocycles. The molecular formula is C19H36NO11PS. The van der Waals surface area contributed by atoms with Crippen LogP contribution in [0.5, 0.6) is 0 Å². The highest BCUT2D eigenvalue weighted by Crippen LogP contribution is 2.48. The zero-order valence-electron chi connectivity index (χ0n) is 18.8. The van der Waals surface area contributed by atoms with Gasteiger partial charge in [-0.2, -0.15) is 0 Å². The quantitative estimate of drug-likeness (QED) is 0.127. The third-order valence-corrected chi connectivity index (χ3v) is 7.57. The van der Waals surface area contributed by atoms with E-state index in [-0.39, 0.29) is 37.9 Å². The number of hydrogen-bond acceptors (Lipinski definition) is 11. The summed E-state index contributed by atoms with van der Waals surface area (Å²) in [5.41, 5.74) is 0. The number of amides is 1. The Morgan fingerprint density at radius 3 is 2.48 bits per heavy atom. The van der Waals surface area contributed by atoms with Crippen molar-refractivity contribution >= 4 is 24.4 Å². The average Bonchev–Trinajstić information content (AvgIpc) is 3.10. The maximum atomic E-state index is 12.4. The smallest absolute Gasteiger partial charge is 0.324 e. The second-order valence-electron chi connectivity index (χ2n) is 8.18. The first-order chi connectivity index (χ1) is 15.6. The molecule has 0 spiro atoms. The van der Waals surface area contributed by atoms with E-state index in [2.05, 4.69) is 5.32 Å². The molecule has 6 N–H and O–H groups in total. The largest absolute Gasteiger partial charge is 0.396 e. The lowest BCUT2D eigenvalue weighted by Crippen LogP contribution is -2.50. The lowest BCUT2D eigenvalue weighted by Gasteiger charge is -2.36. The van der Waals surface area contributed by atoms with Gasteiger partial charge in [-0.25, -0.2) is 0 Å². The molecule has 0 radical (unpaired) electrons. The van der Waals surface area contributed by atoms with Gasteiger partial charge in [-0.1, -0.05) is 0 Å². The molecule has 9 atom stereocenters. The molecule has 2 rings (SSSR count). The van der Waals surface area contributed by atoms with E-state index < -0.39 is 56.2 Å². The Labute approximate surface area is 198 Å². The van der Waals surface area contributed by atoms with E-state index in [9.17, 15) is 30.1 Å². The molecule has 0 aromatic rings. The van der Waals surface area contributed by atoms with Gasteiger partial charge in [0.1, 0.15) is 24.4 Å². The zero-order valence-corrected chi connectivity index (χ0v) is 20.5. The molecule has 33 heavy (non-hydrogen) atoms. The van der Waals surface area contributed by atoms with Crippen LogP contribution in [-0.4, -0.2) is 108 Å². The van der Waals surface area contributed by atoms with E-state index in [1.807, 2.05) is 0 Å². The Hall–Kier alpha value is -0.280. The summed E-state index contributed by atoms with van der Waals surface area (Å²) >= 11 is 4.90. The second-order valence-corrected chi connectivity index (χ2v) is 11.1. The molecular weight excluding hydrogens is 481 g/mol. The minimum atomic E-state index is -3.47. The summed E-state index contributed by atoms with van der Waals surface area (Å²) in [7, 11) is 2.70. The van der Waals surface area contributed by atoms with Crippen molar-refractivity contribution in [2.24, 2.45) is 5.92 Å². The van der Waals surface area contributed by atoms with Crippen molar-refractivity contribution in [1.82, 2.24) is 5.32 Å². The monoisotopic (exact) mass is 517 g/mol. The second kappa shape index (κ2) is 13.7. The summed E-state index contributed by atoms with van der Waals surface area (Å²) in [5, 5.41) is 41.3. The Bertz CT molecular complexity index is 659. The molecule has 1 aliphatic carbocycles. The Kier molecular flexibility index (Phi) is 12.0. The molecule has 12 nitrogen and oxygen atoms in total. The van der Waals surface area contributed by atoms with Crippen molar-refractivity contribution in [2.45, 2.75) is 75.0 Å². The SMILES string of the molecule is COC1C(OP(O)(=S)OC)C(CO)C[C@@H]1NC(=O)CCCCOC1CC(O)C(O)C(CO)O1. The summed E-state index contributed by atoms with van der Waals surface area (Å²) in [6.07, 6.45) is -3.35. The Morgan fingerprint density at radius 2 is 1.88 bits per heavy atom. The first kappa shape index (κ1) is 29.0. The van der Waals surface area contributed by atoms with Gasteiger partial charge in [-0.05, 0) is 31.1 Å². The molecule has 0 aromatic heterocycles. The summed E-state index contributed by atoms with van der Waals surface area (Å²) in [6.45, 7) is -3.84. The van der Waals surface area contributed by atoms with Crippen LogP contribution in [0.25, 0.3) is 0 Å². The van der Waals surface area contributed by atoms with E-state index in [0.717, 1.165) is 0 Å². The summed E-state index contributed by atoms with van der Waals surface area (Å²) in [5.74, 6) is -0.590. The fourth-order valence-corrected chi connectivity index (χ4v) is 5.09. The van der Waals surface area contributed by atoms with Crippen LogP contribution in [0.1, 0.15) is 32.1 Å². The highest BCUT2D eigenvalue weighted by atomic mass is 32.5. The van der Waals surface area contributed by atoms with Gasteiger partial charge >= 0.3 is 6.72 Å². The fourth-order valence-electron chi connectivity index (χ4n) is 4.11. The number of hydrogen-bond donors (Lipinski definition) is 6. The van der Waals surface area contributed by atoms with Crippen LogP contribution in [0.4, 0.5) is 0 Å². The van der Waals surface area contributed by atoms with Crippen molar-refractivity contribution < 1.29 is 53.4 Å². The number of carbonyl (C=O) groups excluding carboxylic acids is 1. The summed E-state index contributed by atoms with van der Waals surface area (Å²) in [4.78, 5) is 22.4. The standard InChI is InChI=1S/C19H36NO11PS/c1-27-19-12(7-11(9-21)18(19)31-32(26,33)28-2)20-15(24)5-3-4-6-29-16-8-13(23)17(25)14(10-22)30-16/h11-14,16-19,21-23,25H,3-10H2,1-2H3,(H,20,24)(H,26,33)/t11?,12-,13?,14?,16?,17?,18?,19?,32?/m0/s1. The lowest BCUT2D eigenvalue weighted by molar-refractivity contribution is -0.256.